The van der Waals surface area contributed by atoms with Crippen molar-refractivity contribution >= 4 is 0 Å². The normalized spacial score (nSPS) is 15.4. The van der Waals surface area contributed by atoms with Crippen molar-refractivity contribution < 1.29 is 0 Å². The van der Waals surface area contributed by atoms with E-state index in [2.05, 4.69) is 18.7 Å². The lowest BCUT2D eigenvalue weighted by atomic mass is 10.2. The van der Waals surface area contributed by atoms with Crippen LogP contribution < -0.4 is 0 Å². The van der Waals surface area contributed by atoms with Crippen LogP contribution in [0.25, 0.3) is 0 Å². The van der Waals surface area contributed by atoms with E-state index in [4.69, 9.17) is 0 Å². The Morgan fingerprint density at radius 3 is 3.00 bits per heavy atom. The summed E-state index contributed by atoms with van der Waals surface area (Å²) in [4.78, 5) is 0. The van der Waals surface area contributed by atoms with Gasteiger partial charge >= 0.3 is 0 Å². The highest BCUT2D eigenvalue weighted by Gasteiger charge is 1.83. The Hall–Kier alpha value is -1.00. The lowest BCUT2D eigenvalue weighted by molar-refractivity contribution is 1.16. The van der Waals surface area contributed by atoms with Gasteiger partial charge < -0.3 is 0 Å². The van der Waals surface area contributed by atoms with Crippen molar-refractivity contribution in [2.75, 3.05) is 0 Å². The fraction of sp³-hybridized carbons (Fsp3) is 0.222. The van der Waals surface area contributed by atoms with E-state index in [1.54, 1.807) is 0 Å². The summed E-state index contributed by atoms with van der Waals surface area (Å²) in [6.07, 6.45) is 11.1. The van der Waals surface area contributed by atoms with E-state index >= 15 is 0 Å². The van der Waals surface area contributed by atoms with Crippen LogP contribution in [0.15, 0.2) is 41.7 Å². The minimum atomic E-state index is 1.06. The SMILES string of the molecule is CCC1=C=CC=CC=C1. The molecule has 0 bridgehead atoms. The molecule has 0 heterocycles. The molecule has 0 aliphatic heterocycles. The zero-order valence-corrected chi connectivity index (χ0v) is 5.59. The average molecular weight is 118 g/mol. The van der Waals surface area contributed by atoms with Gasteiger partial charge in [0, 0.05) is 0 Å². The molecule has 0 aromatic carbocycles. The van der Waals surface area contributed by atoms with E-state index in [0.29, 0.717) is 0 Å². The van der Waals surface area contributed by atoms with E-state index in [1.165, 1.54) is 5.57 Å². The van der Waals surface area contributed by atoms with Gasteiger partial charge in [0.15, 0.2) is 0 Å². The molecule has 0 N–H and O–H groups in total. The minimum absolute atomic E-state index is 1.06. The molecule has 1 aliphatic carbocycles. The molecule has 46 valence electrons. The molecule has 1 rings (SSSR count). The summed E-state index contributed by atoms with van der Waals surface area (Å²) in [6.45, 7) is 2.13. The maximum absolute atomic E-state index is 3.15. The molecule has 0 heteroatoms. The second-order valence-electron chi connectivity index (χ2n) is 1.93. The van der Waals surface area contributed by atoms with Crippen LogP contribution in [0.1, 0.15) is 13.3 Å². The standard InChI is InChI=1S/C9H10/c1-2-9-7-5-3-4-6-8-9/h3-7H,2H2,1H3. The van der Waals surface area contributed by atoms with Gasteiger partial charge in [-0.2, -0.15) is 0 Å². The zero-order chi connectivity index (χ0) is 6.53. The van der Waals surface area contributed by atoms with Gasteiger partial charge in [-0.15, -0.1) is 5.73 Å². The topological polar surface area (TPSA) is 0 Å². The molecule has 0 saturated carbocycles. The predicted molar refractivity (Wildman–Crippen MR) is 40.2 cm³/mol. The second kappa shape index (κ2) is 3.11. The Bertz CT molecular complexity index is 198. The van der Waals surface area contributed by atoms with Crippen LogP contribution in [0.3, 0.4) is 0 Å². The first-order valence-electron chi connectivity index (χ1n) is 3.22. The first-order chi connectivity index (χ1) is 4.43. The van der Waals surface area contributed by atoms with Gasteiger partial charge in [-0.05, 0) is 18.1 Å². The molecule has 9 heavy (non-hydrogen) atoms. The van der Waals surface area contributed by atoms with Crippen LogP contribution in [0, 0.1) is 0 Å². The van der Waals surface area contributed by atoms with Crippen LogP contribution in [-0.4, -0.2) is 0 Å². The summed E-state index contributed by atoms with van der Waals surface area (Å²) in [5, 5.41) is 0. The van der Waals surface area contributed by atoms with Crippen LogP contribution in [0.4, 0.5) is 0 Å². The van der Waals surface area contributed by atoms with Gasteiger partial charge in [0.05, 0.1) is 0 Å². The first-order valence-corrected chi connectivity index (χ1v) is 3.22. The smallest absolute Gasteiger partial charge is 0.00631 e. The molecule has 0 saturated heterocycles. The second-order valence-corrected chi connectivity index (χ2v) is 1.93. The highest BCUT2D eigenvalue weighted by molar-refractivity contribution is 5.27. The van der Waals surface area contributed by atoms with E-state index in [0.717, 1.165) is 6.42 Å². The highest BCUT2D eigenvalue weighted by Crippen LogP contribution is 2.02. The third-order valence-electron chi connectivity index (χ3n) is 1.27. The molecule has 0 atom stereocenters. The number of rotatable bonds is 1. The first kappa shape index (κ1) is 6.12. The van der Waals surface area contributed by atoms with Crippen LogP contribution in [0.5, 0.6) is 0 Å². The lowest BCUT2D eigenvalue weighted by Gasteiger charge is -1.85. The quantitative estimate of drug-likeness (QED) is 0.464. The van der Waals surface area contributed by atoms with Crippen LogP contribution in [-0.2, 0) is 0 Å². The highest BCUT2D eigenvalue weighted by atomic mass is 13.9. The van der Waals surface area contributed by atoms with E-state index in [1.807, 2.05) is 24.3 Å². The monoisotopic (exact) mass is 118 g/mol. The van der Waals surface area contributed by atoms with E-state index < -0.39 is 0 Å². The maximum Gasteiger partial charge on any atom is -0.00631 e. The van der Waals surface area contributed by atoms with Gasteiger partial charge in [0.1, 0.15) is 0 Å². The van der Waals surface area contributed by atoms with Crippen LogP contribution >= 0.6 is 0 Å². The van der Waals surface area contributed by atoms with Crippen molar-refractivity contribution in [1.82, 2.24) is 0 Å². The van der Waals surface area contributed by atoms with Crippen molar-refractivity contribution in [2.45, 2.75) is 13.3 Å². The molecule has 0 aromatic heterocycles. The largest absolute Gasteiger partial charge is 0.117 e. The molecule has 0 spiro atoms. The Kier molecular flexibility index (Phi) is 2.12. The molecular weight excluding hydrogens is 108 g/mol. The Balaban J connectivity index is 2.84. The maximum atomic E-state index is 3.15. The van der Waals surface area contributed by atoms with Gasteiger partial charge in [-0.25, -0.2) is 0 Å². The number of allylic oxidation sites excluding steroid dienone is 5. The molecule has 1 aliphatic rings. The molecule has 0 aromatic rings. The van der Waals surface area contributed by atoms with Crippen molar-refractivity contribution in [3.8, 4) is 0 Å². The zero-order valence-electron chi connectivity index (χ0n) is 5.59. The molecular formula is C9H10. The van der Waals surface area contributed by atoms with Gasteiger partial charge in [0.25, 0.3) is 0 Å². The minimum Gasteiger partial charge on any atom is -0.117 e. The van der Waals surface area contributed by atoms with Crippen molar-refractivity contribution in [3.63, 3.8) is 0 Å². The molecule has 0 radical (unpaired) electrons. The fourth-order valence-corrected chi connectivity index (χ4v) is 0.715. The summed E-state index contributed by atoms with van der Waals surface area (Å²) >= 11 is 0. The molecule has 0 fully saturated rings. The third kappa shape index (κ3) is 1.75. The predicted octanol–water partition coefficient (Wildman–Crippen LogP) is 2.60. The number of hydrogen-bond acceptors (Lipinski definition) is 0. The van der Waals surface area contributed by atoms with Crippen LogP contribution in [0.2, 0.25) is 0 Å². The average Bonchev–Trinajstić information content (AvgIpc) is 2.13. The Morgan fingerprint density at radius 2 is 2.22 bits per heavy atom. The summed E-state index contributed by atoms with van der Waals surface area (Å²) < 4.78 is 0. The fourth-order valence-electron chi connectivity index (χ4n) is 0.715. The van der Waals surface area contributed by atoms with E-state index in [9.17, 15) is 0 Å². The van der Waals surface area contributed by atoms with Crippen molar-refractivity contribution in [3.05, 3.63) is 41.7 Å². The Morgan fingerprint density at radius 1 is 1.33 bits per heavy atom. The number of hydrogen-bond donors (Lipinski definition) is 0. The molecule has 0 unspecified atom stereocenters. The Labute approximate surface area is 55.9 Å². The van der Waals surface area contributed by atoms with Gasteiger partial charge in [0.2, 0.25) is 0 Å². The summed E-state index contributed by atoms with van der Waals surface area (Å²) in [5.74, 6) is 0. The third-order valence-corrected chi connectivity index (χ3v) is 1.27. The summed E-state index contributed by atoms with van der Waals surface area (Å²) in [7, 11) is 0. The van der Waals surface area contributed by atoms with Gasteiger partial charge in [-0.3, -0.25) is 0 Å². The lowest BCUT2D eigenvalue weighted by Crippen LogP contribution is -1.66. The van der Waals surface area contributed by atoms with E-state index in [-0.39, 0.29) is 0 Å². The molecule has 0 amide bonds. The summed E-state index contributed by atoms with van der Waals surface area (Å²) in [5.41, 5.74) is 4.41. The van der Waals surface area contributed by atoms with Crippen molar-refractivity contribution in [1.29, 1.82) is 0 Å². The van der Waals surface area contributed by atoms with Gasteiger partial charge in [-0.1, -0.05) is 31.2 Å². The van der Waals surface area contributed by atoms with Crippen molar-refractivity contribution in [2.24, 2.45) is 0 Å². The molecule has 0 nitrogen and oxygen atoms in total. The summed E-state index contributed by atoms with van der Waals surface area (Å²) in [6, 6.07) is 0.